The van der Waals surface area contributed by atoms with E-state index in [1.807, 2.05) is 25.4 Å². The van der Waals surface area contributed by atoms with E-state index in [9.17, 15) is 0 Å². The Hall–Kier alpha value is -2.19. The highest BCUT2D eigenvalue weighted by Crippen LogP contribution is 2.21. The van der Waals surface area contributed by atoms with Gasteiger partial charge in [-0.1, -0.05) is 23.5 Å². The number of fused-ring (bicyclic) bond motifs is 1. The fraction of sp³-hybridized carbons (Fsp3) is 0.143. The van der Waals surface area contributed by atoms with Crippen molar-refractivity contribution in [3.05, 3.63) is 79.9 Å². The number of thiazole rings is 1. The van der Waals surface area contributed by atoms with Crippen LogP contribution in [0.4, 0.5) is 0 Å². The zero-order chi connectivity index (χ0) is 19.0. The molecule has 0 aliphatic carbocycles. The Balaban J connectivity index is 1.69. The van der Waals surface area contributed by atoms with Crippen molar-refractivity contribution in [1.29, 1.82) is 0 Å². The van der Waals surface area contributed by atoms with Gasteiger partial charge in [-0.2, -0.15) is 5.10 Å². The number of benzene rings is 2. The zero-order valence-electron chi connectivity index (χ0n) is 15.3. The van der Waals surface area contributed by atoms with E-state index in [2.05, 4.69) is 98.2 Å². The summed E-state index contributed by atoms with van der Waals surface area (Å²) in [5.74, 6) is 0. The highest BCUT2D eigenvalue weighted by atomic mass is 127. The van der Waals surface area contributed by atoms with Gasteiger partial charge >= 0.3 is 0 Å². The van der Waals surface area contributed by atoms with Gasteiger partial charge in [-0.3, -0.25) is 0 Å². The monoisotopic (exact) mass is 486 g/mol. The van der Waals surface area contributed by atoms with E-state index in [-0.39, 0.29) is 0 Å². The summed E-state index contributed by atoms with van der Waals surface area (Å²) < 4.78 is 6.77. The highest BCUT2D eigenvalue weighted by Gasteiger charge is 2.09. The topological polar surface area (TPSA) is 34.6 Å². The Kier molecular flexibility index (Phi) is 5.01. The van der Waals surface area contributed by atoms with Crippen LogP contribution < -0.4 is 4.80 Å². The number of halogens is 1. The fourth-order valence-electron chi connectivity index (χ4n) is 3.22. The van der Waals surface area contributed by atoms with Crippen LogP contribution in [0.1, 0.15) is 17.0 Å². The van der Waals surface area contributed by atoms with Crippen LogP contribution in [0, 0.1) is 17.4 Å². The summed E-state index contributed by atoms with van der Waals surface area (Å²) in [6.07, 6.45) is 1.84. The van der Waals surface area contributed by atoms with Crippen LogP contribution in [0.15, 0.2) is 64.8 Å². The molecule has 0 atom stereocenters. The lowest BCUT2D eigenvalue weighted by Gasteiger charge is -2.09. The van der Waals surface area contributed by atoms with Crippen LogP contribution in [-0.2, 0) is 7.05 Å². The Morgan fingerprint density at radius 1 is 1.04 bits per heavy atom. The molecule has 4 aromatic rings. The molecule has 0 fully saturated rings. The first-order valence-corrected chi connectivity index (χ1v) is 10.5. The lowest BCUT2D eigenvalue weighted by Crippen LogP contribution is -2.08. The first kappa shape index (κ1) is 18.2. The van der Waals surface area contributed by atoms with Gasteiger partial charge in [-0.15, -0.1) is 5.10 Å². The molecule has 2 aromatic heterocycles. The Labute approximate surface area is 175 Å². The van der Waals surface area contributed by atoms with Crippen LogP contribution >= 0.6 is 33.9 Å². The smallest absolute Gasteiger partial charge is 0.211 e. The van der Waals surface area contributed by atoms with Crippen molar-refractivity contribution in [3.8, 4) is 5.69 Å². The third-order valence-corrected chi connectivity index (χ3v) is 6.43. The molecule has 6 heteroatoms. The number of aryl methyl sites for hydroxylation is 2. The van der Waals surface area contributed by atoms with Crippen molar-refractivity contribution in [3.63, 3.8) is 0 Å². The molecule has 0 aliphatic rings. The maximum absolute atomic E-state index is 4.44. The van der Waals surface area contributed by atoms with E-state index in [1.165, 1.54) is 19.5 Å². The van der Waals surface area contributed by atoms with Crippen molar-refractivity contribution < 1.29 is 0 Å². The van der Waals surface area contributed by atoms with E-state index in [0.717, 1.165) is 21.7 Å². The molecule has 0 saturated heterocycles. The molecule has 0 saturated carbocycles. The molecule has 136 valence electrons. The van der Waals surface area contributed by atoms with Crippen LogP contribution in [-0.4, -0.2) is 15.3 Å². The van der Waals surface area contributed by atoms with Crippen molar-refractivity contribution in [1.82, 2.24) is 9.13 Å². The van der Waals surface area contributed by atoms with Crippen molar-refractivity contribution in [2.24, 2.45) is 17.3 Å². The third-order valence-electron chi connectivity index (χ3n) is 4.61. The third kappa shape index (κ3) is 3.51. The van der Waals surface area contributed by atoms with Gasteiger partial charge in [0.1, 0.15) is 0 Å². The second-order valence-electron chi connectivity index (χ2n) is 6.39. The summed E-state index contributed by atoms with van der Waals surface area (Å²) in [4.78, 5) is 0.888. The van der Waals surface area contributed by atoms with E-state index in [0.29, 0.717) is 0 Å². The predicted molar refractivity (Wildman–Crippen MR) is 122 cm³/mol. The standard InChI is InChI=1S/C21H19IN4S/c1-14-12-16(15(2)26(14)18-10-8-17(22)9-11-18)13-23-24-21-25(3)19-6-4-5-7-20(19)27-21/h4-13H,1-3H3. The van der Waals surface area contributed by atoms with Crippen LogP contribution in [0.5, 0.6) is 0 Å². The van der Waals surface area contributed by atoms with E-state index in [4.69, 9.17) is 0 Å². The second-order valence-corrected chi connectivity index (χ2v) is 8.65. The molecule has 0 N–H and O–H groups in total. The van der Waals surface area contributed by atoms with Crippen molar-refractivity contribution in [2.75, 3.05) is 0 Å². The molecular formula is C21H19IN4S. The number of rotatable bonds is 3. The van der Waals surface area contributed by atoms with E-state index < -0.39 is 0 Å². The van der Waals surface area contributed by atoms with Gasteiger partial charge < -0.3 is 9.13 Å². The minimum absolute atomic E-state index is 0.888. The normalized spacial score (nSPS) is 12.5. The minimum atomic E-state index is 0.888. The second kappa shape index (κ2) is 7.44. The van der Waals surface area contributed by atoms with Gasteiger partial charge in [0, 0.05) is 33.3 Å². The Morgan fingerprint density at radius 2 is 1.78 bits per heavy atom. The summed E-state index contributed by atoms with van der Waals surface area (Å²) >= 11 is 3.97. The van der Waals surface area contributed by atoms with E-state index >= 15 is 0 Å². The average Bonchev–Trinajstić information content (AvgIpc) is 3.13. The number of nitrogens with zero attached hydrogens (tertiary/aromatic N) is 4. The summed E-state index contributed by atoms with van der Waals surface area (Å²) in [6, 6.07) is 19.0. The maximum atomic E-state index is 4.44. The molecule has 2 heterocycles. The quantitative estimate of drug-likeness (QED) is 0.217. The molecule has 27 heavy (non-hydrogen) atoms. The molecule has 0 bridgehead atoms. The minimum Gasteiger partial charge on any atom is -0.318 e. The molecule has 0 spiro atoms. The summed E-state index contributed by atoms with van der Waals surface area (Å²) in [5.41, 5.74) is 5.76. The molecule has 4 nitrogen and oxygen atoms in total. The summed E-state index contributed by atoms with van der Waals surface area (Å²) in [7, 11) is 2.02. The molecule has 0 aliphatic heterocycles. The van der Waals surface area contributed by atoms with Crippen LogP contribution in [0.2, 0.25) is 0 Å². The molecule has 2 aromatic carbocycles. The SMILES string of the molecule is Cc1cc(C=NN=c2sc3ccccc3n2C)c(C)n1-c1ccc(I)cc1. The lowest BCUT2D eigenvalue weighted by atomic mass is 10.2. The average molecular weight is 486 g/mol. The first-order valence-electron chi connectivity index (χ1n) is 8.61. The largest absolute Gasteiger partial charge is 0.318 e. The number of para-hydroxylation sites is 1. The molecule has 0 unspecified atom stereocenters. The van der Waals surface area contributed by atoms with Crippen molar-refractivity contribution in [2.45, 2.75) is 13.8 Å². The summed E-state index contributed by atoms with van der Waals surface area (Å²) in [6.45, 7) is 4.23. The molecule has 0 radical (unpaired) electrons. The van der Waals surface area contributed by atoms with Gasteiger partial charge in [0.25, 0.3) is 0 Å². The van der Waals surface area contributed by atoms with Crippen LogP contribution in [0.3, 0.4) is 0 Å². The number of hydrogen-bond donors (Lipinski definition) is 0. The Morgan fingerprint density at radius 3 is 2.52 bits per heavy atom. The van der Waals surface area contributed by atoms with Gasteiger partial charge in [0.05, 0.1) is 16.4 Å². The lowest BCUT2D eigenvalue weighted by molar-refractivity contribution is 0.889. The van der Waals surface area contributed by atoms with Gasteiger partial charge in [-0.25, -0.2) is 0 Å². The van der Waals surface area contributed by atoms with Gasteiger partial charge in [-0.05, 0) is 78.9 Å². The van der Waals surface area contributed by atoms with Gasteiger partial charge in [0.2, 0.25) is 4.80 Å². The first-order chi connectivity index (χ1) is 13.0. The molecule has 0 amide bonds. The van der Waals surface area contributed by atoms with Crippen molar-refractivity contribution >= 4 is 50.4 Å². The zero-order valence-corrected chi connectivity index (χ0v) is 18.3. The van der Waals surface area contributed by atoms with Gasteiger partial charge in [0.15, 0.2) is 0 Å². The highest BCUT2D eigenvalue weighted by molar-refractivity contribution is 14.1. The molecular weight excluding hydrogens is 467 g/mol. The predicted octanol–water partition coefficient (Wildman–Crippen LogP) is 5.19. The Bertz CT molecular complexity index is 1210. The maximum Gasteiger partial charge on any atom is 0.211 e. The fourth-order valence-corrected chi connectivity index (χ4v) is 4.56. The number of hydrogen-bond acceptors (Lipinski definition) is 3. The summed E-state index contributed by atoms with van der Waals surface area (Å²) in [5, 5.41) is 8.81. The van der Waals surface area contributed by atoms with Crippen LogP contribution in [0.25, 0.3) is 15.9 Å². The molecule has 4 rings (SSSR count). The number of aromatic nitrogens is 2. The van der Waals surface area contributed by atoms with E-state index in [1.54, 1.807) is 11.3 Å².